The van der Waals surface area contributed by atoms with Gasteiger partial charge in [-0.25, -0.2) is 4.79 Å². The van der Waals surface area contributed by atoms with E-state index in [2.05, 4.69) is 46.1 Å². The van der Waals surface area contributed by atoms with Crippen molar-refractivity contribution in [3.05, 3.63) is 34.5 Å². The average molecular weight is 301 g/mol. The van der Waals surface area contributed by atoms with Crippen LogP contribution < -0.4 is 0 Å². The molecule has 2 aromatic rings. The Morgan fingerprint density at radius 2 is 1.86 bits per heavy atom. The molecule has 1 heterocycles. The third kappa shape index (κ3) is 2.65. The van der Waals surface area contributed by atoms with Gasteiger partial charge in [0.05, 0.1) is 11.1 Å². The number of carboxylic acids is 1. The topological polar surface area (TPSA) is 42.2 Å². The molecule has 3 nitrogen and oxygen atoms in total. The van der Waals surface area contributed by atoms with Crippen LogP contribution in [0.3, 0.4) is 0 Å². The lowest BCUT2D eigenvalue weighted by Gasteiger charge is -2.23. The van der Waals surface area contributed by atoms with Crippen molar-refractivity contribution in [2.75, 3.05) is 0 Å². The molecule has 0 fully saturated rings. The van der Waals surface area contributed by atoms with E-state index < -0.39 is 5.97 Å². The van der Waals surface area contributed by atoms with Crippen molar-refractivity contribution in [2.45, 2.75) is 66.3 Å². The zero-order valence-electron chi connectivity index (χ0n) is 14.6. The number of carbonyl (C=O) groups is 1. The Bertz CT molecular complexity index is 717. The first-order chi connectivity index (χ1) is 10.2. The molecule has 0 amide bonds. The summed E-state index contributed by atoms with van der Waals surface area (Å²) >= 11 is 0. The van der Waals surface area contributed by atoms with E-state index in [0.717, 1.165) is 30.3 Å². The van der Waals surface area contributed by atoms with E-state index in [0.29, 0.717) is 5.56 Å². The van der Waals surface area contributed by atoms with Gasteiger partial charge in [-0.05, 0) is 48.4 Å². The fourth-order valence-corrected chi connectivity index (χ4v) is 3.33. The van der Waals surface area contributed by atoms with Crippen LogP contribution in [0.25, 0.3) is 10.9 Å². The zero-order valence-corrected chi connectivity index (χ0v) is 14.6. The zero-order chi connectivity index (χ0) is 16.7. The van der Waals surface area contributed by atoms with E-state index in [1.165, 1.54) is 16.8 Å². The van der Waals surface area contributed by atoms with Gasteiger partial charge in [0.15, 0.2) is 0 Å². The fourth-order valence-electron chi connectivity index (χ4n) is 3.33. The highest BCUT2D eigenvalue weighted by Gasteiger charge is 2.24. The van der Waals surface area contributed by atoms with Crippen molar-refractivity contribution >= 4 is 16.9 Å². The lowest BCUT2D eigenvalue weighted by Crippen LogP contribution is -2.15. The van der Waals surface area contributed by atoms with Gasteiger partial charge in [-0.15, -0.1) is 0 Å². The second-order valence-corrected chi connectivity index (χ2v) is 7.04. The molecule has 0 bridgehead atoms. The Morgan fingerprint density at radius 1 is 1.23 bits per heavy atom. The Hall–Kier alpha value is -1.77. The first-order valence-electron chi connectivity index (χ1n) is 8.11. The molecule has 1 aromatic heterocycles. The van der Waals surface area contributed by atoms with Crippen molar-refractivity contribution < 1.29 is 9.90 Å². The molecule has 3 heteroatoms. The highest BCUT2D eigenvalue weighted by Crippen LogP contribution is 2.36. The summed E-state index contributed by atoms with van der Waals surface area (Å²) in [6.07, 6.45) is 1.99. The van der Waals surface area contributed by atoms with Gasteiger partial charge in [0, 0.05) is 17.6 Å². The minimum Gasteiger partial charge on any atom is -0.478 e. The number of hydrogen-bond donors (Lipinski definition) is 1. The predicted molar refractivity (Wildman–Crippen MR) is 92.0 cm³/mol. The van der Waals surface area contributed by atoms with Crippen molar-refractivity contribution in [1.29, 1.82) is 0 Å². The van der Waals surface area contributed by atoms with Gasteiger partial charge in [-0.3, -0.25) is 0 Å². The maximum Gasteiger partial charge on any atom is 0.335 e. The van der Waals surface area contributed by atoms with E-state index in [1.54, 1.807) is 0 Å². The second kappa shape index (κ2) is 5.79. The molecule has 1 aromatic carbocycles. The maximum atomic E-state index is 11.5. The lowest BCUT2D eigenvalue weighted by molar-refractivity contribution is 0.0697. The average Bonchev–Trinajstić information content (AvgIpc) is 2.69. The lowest BCUT2D eigenvalue weighted by atomic mass is 9.84. The number of aryl methyl sites for hydroxylation is 2. The third-order valence-electron chi connectivity index (χ3n) is 4.40. The van der Waals surface area contributed by atoms with Crippen LogP contribution >= 0.6 is 0 Å². The van der Waals surface area contributed by atoms with Gasteiger partial charge in [0.2, 0.25) is 0 Å². The summed E-state index contributed by atoms with van der Waals surface area (Å²) in [6.45, 7) is 13.9. The third-order valence-corrected chi connectivity index (χ3v) is 4.40. The van der Waals surface area contributed by atoms with Gasteiger partial charge in [-0.2, -0.15) is 0 Å². The quantitative estimate of drug-likeness (QED) is 0.871. The highest BCUT2D eigenvalue weighted by atomic mass is 16.4. The highest BCUT2D eigenvalue weighted by molar-refractivity contribution is 5.97. The Labute approximate surface area is 133 Å². The SMILES string of the molecule is CCCn1c(C)c(CC)c2cc(C(=O)O)cc(C(C)(C)C)c21. The standard InChI is InChI=1S/C19H27NO2/c1-7-9-20-12(3)14(8-2)15-10-13(18(21)22)11-16(17(15)20)19(4,5)6/h10-11H,7-9H2,1-6H3,(H,21,22). The van der Waals surface area contributed by atoms with Crippen LogP contribution in [-0.2, 0) is 18.4 Å². The molecular formula is C19H27NO2. The van der Waals surface area contributed by atoms with Crippen molar-refractivity contribution in [3.63, 3.8) is 0 Å². The van der Waals surface area contributed by atoms with Crippen molar-refractivity contribution in [3.8, 4) is 0 Å². The molecule has 22 heavy (non-hydrogen) atoms. The first kappa shape index (κ1) is 16.6. The summed E-state index contributed by atoms with van der Waals surface area (Å²) in [5.41, 5.74) is 5.18. The van der Waals surface area contributed by atoms with Crippen LogP contribution in [0.4, 0.5) is 0 Å². The smallest absolute Gasteiger partial charge is 0.335 e. The van der Waals surface area contributed by atoms with Gasteiger partial charge in [0.25, 0.3) is 0 Å². The molecule has 1 N–H and O–H groups in total. The van der Waals surface area contributed by atoms with Crippen LogP contribution in [0.5, 0.6) is 0 Å². The van der Waals surface area contributed by atoms with Crippen molar-refractivity contribution in [2.24, 2.45) is 0 Å². The number of rotatable bonds is 4. The maximum absolute atomic E-state index is 11.5. The van der Waals surface area contributed by atoms with E-state index in [1.807, 2.05) is 12.1 Å². The summed E-state index contributed by atoms with van der Waals surface area (Å²) in [7, 11) is 0. The molecular weight excluding hydrogens is 274 g/mol. The summed E-state index contributed by atoms with van der Waals surface area (Å²) in [4.78, 5) is 11.5. The largest absolute Gasteiger partial charge is 0.478 e. The van der Waals surface area contributed by atoms with E-state index in [4.69, 9.17) is 0 Å². The molecule has 2 rings (SSSR count). The molecule has 120 valence electrons. The number of fused-ring (bicyclic) bond motifs is 1. The van der Waals surface area contributed by atoms with Crippen LogP contribution in [-0.4, -0.2) is 15.6 Å². The van der Waals surface area contributed by atoms with Crippen LogP contribution in [0.1, 0.15) is 68.2 Å². The minimum absolute atomic E-state index is 0.0923. The fraction of sp³-hybridized carbons (Fsp3) is 0.526. The summed E-state index contributed by atoms with van der Waals surface area (Å²) in [6, 6.07) is 3.71. The Kier molecular flexibility index (Phi) is 4.37. The van der Waals surface area contributed by atoms with Crippen LogP contribution in [0.2, 0.25) is 0 Å². The minimum atomic E-state index is -0.852. The van der Waals surface area contributed by atoms with Crippen LogP contribution in [0, 0.1) is 6.92 Å². The molecule has 0 aliphatic rings. The van der Waals surface area contributed by atoms with Gasteiger partial charge >= 0.3 is 5.97 Å². The number of benzene rings is 1. The van der Waals surface area contributed by atoms with Gasteiger partial charge < -0.3 is 9.67 Å². The van der Waals surface area contributed by atoms with Crippen molar-refractivity contribution in [1.82, 2.24) is 4.57 Å². The summed E-state index contributed by atoms with van der Waals surface area (Å²) in [5, 5.41) is 10.6. The molecule has 0 atom stereocenters. The number of aromatic nitrogens is 1. The molecule has 0 aliphatic heterocycles. The number of nitrogens with zero attached hydrogens (tertiary/aromatic N) is 1. The number of carboxylic acid groups (broad SMARTS) is 1. The van der Waals surface area contributed by atoms with E-state index in [9.17, 15) is 9.90 Å². The van der Waals surface area contributed by atoms with Gasteiger partial charge in [0.1, 0.15) is 0 Å². The Morgan fingerprint density at radius 3 is 2.32 bits per heavy atom. The molecule has 0 unspecified atom stereocenters. The van der Waals surface area contributed by atoms with E-state index >= 15 is 0 Å². The first-order valence-corrected chi connectivity index (χ1v) is 8.11. The molecule has 0 saturated carbocycles. The summed E-state index contributed by atoms with van der Waals surface area (Å²) in [5.74, 6) is -0.852. The Balaban J connectivity index is 2.98. The molecule has 0 aliphatic carbocycles. The van der Waals surface area contributed by atoms with Gasteiger partial charge in [-0.1, -0.05) is 34.6 Å². The monoisotopic (exact) mass is 301 g/mol. The normalized spacial score (nSPS) is 12.1. The van der Waals surface area contributed by atoms with E-state index in [-0.39, 0.29) is 5.41 Å². The molecule has 0 spiro atoms. The number of hydrogen-bond acceptors (Lipinski definition) is 1. The molecule has 0 saturated heterocycles. The predicted octanol–water partition coefficient (Wildman–Crippen LogP) is 4.92. The number of aromatic carboxylic acids is 1. The second-order valence-electron chi connectivity index (χ2n) is 7.04. The summed E-state index contributed by atoms with van der Waals surface area (Å²) < 4.78 is 2.38. The van der Waals surface area contributed by atoms with Crippen LogP contribution in [0.15, 0.2) is 12.1 Å². The molecule has 0 radical (unpaired) electrons.